The molecule has 0 fully saturated rings. The van der Waals surface area contributed by atoms with Crippen LogP contribution in [0.5, 0.6) is 0 Å². The molecule has 0 saturated heterocycles. The molecule has 0 aliphatic carbocycles. The highest BCUT2D eigenvalue weighted by Crippen LogP contribution is 2.35. The van der Waals surface area contributed by atoms with E-state index in [4.69, 9.17) is 0 Å². The number of carbonyl (C=O) groups is 1. The van der Waals surface area contributed by atoms with Crippen molar-refractivity contribution >= 4 is 11.6 Å². The zero-order chi connectivity index (χ0) is 21.5. The Morgan fingerprint density at radius 3 is 2.37 bits per heavy atom. The van der Waals surface area contributed by atoms with Crippen molar-refractivity contribution in [2.75, 3.05) is 25.0 Å². The van der Waals surface area contributed by atoms with Gasteiger partial charge in [0.1, 0.15) is 0 Å². The molecule has 0 N–H and O–H groups in total. The highest BCUT2D eigenvalue weighted by atomic mass is 19.4. The molecular formula is C22H21F3N4O. The number of hydrogen-bond acceptors (Lipinski definition) is 3. The SMILES string of the molecule is Cc1ccccc1-n1ncc(C(=O)N2CCN(C)c3ccccc3C2)c1C(F)(F)F. The third-order valence-corrected chi connectivity index (χ3v) is 5.37. The van der Waals surface area contributed by atoms with Crippen molar-refractivity contribution in [2.45, 2.75) is 19.6 Å². The summed E-state index contributed by atoms with van der Waals surface area (Å²) >= 11 is 0. The number of nitrogens with zero attached hydrogens (tertiary/aromatic N) is 4. The number of alkyl halides is 3. The molecule has 0 spiro atoms. The summed E-state index contributed by atoms with van der Waals surface area (Å²) in [5.41, 5.74) is 1.31. The largest absolute Gasteiger partial charge is 0.434 e. The van der Waals surface area contributed by atoms with Gasteiger partial charge >= 0.3 is 6.18 Å². The van der Waals surface area contributed by atoms with E-state index in [0.717, 1.165) is 22.1 Å². The van der Waals surface area contributed by atoms with E-state index < -0.39 is 23.3 Å². The highest BCUT2D eigenvalue weighted by molar-refractivity contribution is 5.95. The second-order valence-corrected chi connectivity index (χ2v) is 7.38. The van der Waals surface area contributed by atoms with Crippen molar-refractivity contribution in [3.63, 3.8) is 0 Å². The second-order valence-electron chi connectivity index (χ2n) is 7.38. The lowest BCUT2D eigenvalue weighted by Gasteiger charge is -2.22. The lowest BCUT2D eigenvalue weighted by Crippen LogP contribution is -2.35. The molecule has 0 saturated carbocycles. The molecule has 0 unspecified atom stereocenters. The van der Waals surface area contributed by atoms with Gasteiger partial charge < -0.3 is 9.80 Å². The van der Waals surface area contributed by atoms with Gasteiger partial charge in [-0.25, -0.2) is 4.68 Å². The molecular weight excluding hydrogens is 393 g/mol. The molecule has 1 aliphatic heterocycles. The Balaban J connectivity index is 1.76. The van der Waals surface area contributed by atoms with E-state index in [2.05, 4.69) is 5.10 Å². The quantitative estimate of drug-likeness (QED) is 0.628. The van der Waals surface area contributed by atoms with Gasteiger partial charge in [-0.2, -0.15) is 18.3 Å². The van der Waals surface area contributed by atoms with E-state index in [1.165, 1.54) is 4.90 Å². The molecule has 30 heavy (non-hydrogen) atoms. The van der Waals surface area contributed by atoms with Gasteiger partial charge in [-0.05, 0) is 30.2 Å². The lowest BCUT2D eigenvalue weighted by atomic mass is 10.1. The number of halogens is 3. The Morgan fingerprint density at radius 1 is 1.00 bits per heavy atom. The fourth-order valence-corrected chi connectivity index (χ4v) is 3.80. The number of amides is 1. The minimum Gasteiger partial charge on any atom is -0.373 e. The predicted molar refractivity (Wildman–Crippen MR) is 108 cm³/mol. The minimum atomic E-state index is -4.73. The zero-order valence-electron chi connectivity index (χ0n) is 16.6. The van der Waals surface area contributed by atoms with Crippen molar-refractivity contribution < 1.29 is 18.0 Å². The molecule has 2 aromatic carbocycles. The lowest BCUT2D eigenvalue weighted by molar-refractivity contribution is -0.143. The van der Waals surface area contributed by atoms with Crippen LogP contribution in [0.3, 0.4) is 0 Å². The number of hydrogen-bond donors (Lipinski definition) is 0. The van der Waals surface area contributed by atoms with Crippen LogP contribution in [0.25, 0.3) is 5.69 Å². The number of carbonyl (C=O) groups excluding carboxylic acids is 1. The summed E-state index contributed by atoms with van der Waals surface area (Å²) in [6, 6.07) is 14.3. The Hall–Kier alpha value is -3.29. The molecule has 0 atom stereocenters. The smallest absolute Gasteiger partial charge is 0.373 e. The molecule has 3 aromatic rings. The molecule has 5 nitrogen and oxygen atoms in total. The number of aryl methyl sites for hydroxylation is 1. The molecule has 2 heterocycles. The summed E-state index contributed by atoms with van der Waals surface area (Å²) in [6.45, 7) is 2.79. The van der Waals surface area contributed by atoms with Crippen LogP contribution in [0, 0.1) is 6.92 Å². The first-order valence-electron chi connectivity index (χ1n) is 9.57. The first-order valence-corrected chi connectivity index (χ1v) is 9.57. The van der Waals surface area contributed by atoms with Gasteiger partial charge in [0.2, 0.25) is 0 Å². The number of aromatic nitrogens is 2. The number of anilines is 1. The summed E-state index contributed by atoms with van der Waals surface area (Å²) in [6.07, 6.45) is -3.71. The van der Waals surface area contributed by atoms with Gasteiger partial charge in [-0.1, -0.05) is 36.4 Å². The second kappa shape index (κ2) is 7.51. The zero-order valence-corrected chi connectivity index (χ0v) is 16.6. The van der Waals surface area contributed by atoms with Gasteiger partial charge in [-0.15, -0.1) is 0 Å². The third kappa shape index (κ3) is 3.53. The standard InChI is InChI=1S/C22H21F3N4O/c1-15-7-3-5-9-18(15)29-20(22(23,24)25)17(13-26-29)21(30)28-12-11-27(2)19-10-6-4-8-16(19)14-28/h3-10,13H,11-12,14H2,1-2H3. The Labute approximate surface area is 172 Å². The summed E-state index contributed by atoms with van der Waals surface area (Å²) in [7, 11) is 1.91. The summed E-state index contributed by atoms with van der Waals surface area (Å²) in [5, 5.41) is 3.95. The van der Waals surface area contributed by atoms with Crippen molar-refractivity contribution in [3.8, 4) is 5.69 Å². The van der Waals surface area contributed by atoms with E-state index in [1.54, 1.807) is 31.2 Å². The molecule has 0 bridgehead atoms. The van der Waals surface area contributed by atoms with Gasteiger partial charge in [-0.3, -0.25) is 4.79 Å². The Bertz CT molecular complexity index is 1090. The number of benzene rings is 2. The van der Waals surface area contributed by atoms with Crippen molar-refractivity contribution in [1.82, 2.24) is 14.7 Å². The van der Waals surface area contributed by atoms with Gasteiger partial charge in [0.15, 0.2) is 5.69 Å². The molecule has 156 valence electrons. The van der Waals surface area contributed by atoms with Crippen LogP contribution < -0.4 is 4.90 Å². The molecule has 0 radical (unpaired) electrons. The Morgan fingerprint density at radius 2 is 1.67 bits per heavy atom. The average Bonchev–Trinajstić information content (AvgIpc) is 3.09. The fraction of sp³-hybridized carbons (Fsp3) is 0.273. The highest BCUT2D eigenvalue weighted by Gasteiger charge is 2.41. The predicted octanol–water partition coefficient (Wildman–Crippen LogP) is 4.29. The van der Waals surface area contributed by atoms with Crippen LogP contribution in [0.4, 0.5) is 18.9 Å². The minimum absolute atomic E-state index is 0.242. The molecule has 1 aromatic heterocycles. The first kappa shape index (κ1) is 20.0. The van der Waals surface area contributed by atoms with Crippen molar-refractivity contribution in [2.24, 2.45) is 0 Å². The van der Waals surface area contributed by atoms with Crippen LogP contribution >= 0.6 is 0 Å². The monoisotopic (exact) mass is 414 g/mol. The van der Waals surface area contributed by atoms with Gasteiger partial charge in [0, 0.05) is 32.4 Å². The summed E-state index contributed by atoms with van der Waals surface area (Å²) in [4.78, 5) is 16.7. The molecule has 8 heteroatoms. The Kier molecular flexibility index (Phi) is 5.01. The van der Waals surface area contributed by atoms with E-state index in [1.807, 2.05) is 36.2 Å². The van der Waals surface area contributed by atoms with E-state index in [-0.39, 0.29) is 6.54 Å². The van der Waals surface area contributed by atoms with Crippen LogP contribution in [0.15, 0.2) is 54.7 Å². The average molecular weight is 414 g/mol. The van der Waals surface area contributed by atoms with Crippen molar-refractivity contribution in [1.29, 1.82) is 0 Å². The van der Waals surface area contributed by atoms with Crippen molar-refractivity contribution in [3.05, 3.63) is 77.1 Å². The fourth-order valence-electron chi connectivity index (χ4n) is 3.80. The number of likely N-dealkylation sites (N-methyl/N-ethyl adjacent to an activating group) is 1. The maximum absolute atomic E-state index is 14.0. The molecule has 1 amide bonds. The third-order valence-electron chi connectivity index (χ3n) is 5.37. The van der Waals surface area contributed by atoms with Crippen LogP contribution in [0.2, 0.25) is 0 Å². The van der Waals surface area contributed by atoms with Crippen LogP contribution in [-0.2, 0) is 12.7 Å². The van der Waals surface area contributed by atoms with E-state index in [9.17, 15) is 18.0 Å². The number of fused-ring (bicyclic) bond motifs is 1. The normalized spacial score (nSPS) is 14.4. The maximum Gasteiger partial charge on any atom is 0.434 e. The number of rotatable bonds is 2. The summed E-state index contributed by atoms with van der Waals surface area (Å²) < 4.78 is 42.9. The topological polar surface area (TPSA) is 41.4 Å². The molecule has 1 aliphatic rings. The first-order chi connectivity index (χ1) is 14.3. The van der Waals surface area contributed by atoms with Crippen LogP contribution in [0.1, 0.15) is 27.2 Å². The van der Waals surface area contributed by atoms with Gasteiger partial charge in [0.05, 0.1) is 17.4 Å². The van der Waals surface area contributed by atoms with E-state index >= 15 is 0 Å². The van der Waals surface area contributed by atoms with Gasteiger partial charge in [0.25, 0.3) is 5.91 Å². The van der Waals surface area contributed by atoms with Crippen LogP contribution in [-0.4, -0.2) is 40.7 Å². The number of para-hydroxylation sites is 2. The summed E-state index contributed by atoms with van der Waals surface area (Å²) in [5.74, 6) is -0.674. The van der Waals surface area contributed by atoms with E-state index in [0.29, 0.717) is 24.3 Å². The maximum atomic E-state index is 14.0. The molecule has 4 rings (SSSR count).